The van der Waals surface area contributed by atoms with Crippen molar-refractivity contribution in [2.45, 2.75) is 0 Å². The number of aliphatic imine (C=N–C) groups is 1. The van der Waals surface area contributed by atoms with E-state index >= 15 is 0 Å². The van der Waals surface area contributed by atoms with Gasteiger partial charge in [0.1, 0.15) is 0 Å². The number of non-ortho nitro benzene ring substituents is 1. The first-order valence-electron chi connectivity index (χ1n) is 7.63. The standard InChI is InChI=1S/C17H12N4O4S2/c22-15-10-27-17(26)20(15)19-16(23)12-4-6-13(7-5-12)18-9-11-2-1-3-14(8-11)21(24)25/h1-9H,10H2,(H,19,23). The van der Waals surface area contributed by atoms with Crippen molar-refractivity contribution in [1.82, 2.24) is 10.4 Å². The van der Waals surface area contributed by atoms with Gasteiger partial charge in [0, 0.05) is 23.9 Å². The largest absolute Gasteiger partial charge is 0.272 e. The summed E-state index contributed by atoms with van der Waals surface area (Å²) in [5.74, 6) is -0.510. The van der Waals surface area contributed by atoms with Crippen molar-refractivity contribution in [1.29, 1.82) is 0 Å². The van der Waals surface area contributed by atoms with Crippen LogP contribution >= 0.6 is 24.0 Å². The van der Waals surface area contributed by atoms with Gasteiger partial charge >= 0.3 is 0 Å². The van der Waals surface area contributed by atoms with Crippen LogP contribution in [0.4, 0.5) is 11.4 Å². The monoisotopic (exact) mass is 400 g/mol. The van der Waals surface area contributed by atoms with Gasteiger partial charge in [-0.2, -0.15) is 0 Å². The molecular weight excluding hydrogens is 388 g/mol. The van der Waals surface area contributed by atoms with Crippen LogP contribution in [0.15, 0.2) is 53.5 Å². The molecule has 10 heteroatoms. The highest BCUT2D eigenvalue weighted by Gasteiger charge is 2.28. The number of nitrogens with one attached hydrogen (secondary N) is 1. The molecule has 1 saturated heterocycles. The molecule has 8 nitrogen and oxygen atoms in total. The van der Waals surface area contributed by atoms with E-state index in [2.05, 4.69) is 10.4 Å². The first kappa shape index (κ1) is 18.7. The highest BCUT2D eigenvalue weighted by molar-refractivity contribution is 8.23. The summed E-state index contributed by atoms with van der Waals surface area (Å²) in [6.45, 7) is 0. The molecular formula is C17H12N4O4S2. The van der Waals surface area contributed by atoms with Gasteiger partial charge in [-0.25, -0.2) is 5.01 Å². The van der Waals surface area contributed by atoms with E-state index in [1.165, 1.54) is 30.1 Å². The van der Waals surface area contributed by atoms with Crippen molar-refractivity contribution < 1.29 is 14.5 Å². The average molecular weight is 400 g/mol. The number of benzene rings is 2. The Morgan fingerprint density at radius 1 is 1.30 bits per heavy atom. The minimum absolute atomic E-state index is 0.0153. The Labute approximate surface area is 163 Å². The van der Waals surface area contributed by atoms with E-state index in [1.807, 2.05) is 0 Å². The van der Waals surface area contributed by atoms with Crippen LogP contribution < -0.4 is 5.43 Å². The lowest BCUT2D eigenvalue weighted by atomic mass is 10.2. The number of carbonyl (C=O) groups is 2. The maximum atomic E-state index is 12.2. The summed E-state index contributed by atoms with van der Waals surface area (Å²) in [6.07, 6.45) is 1.50. The molecule has 0 unspecified atom stereocenters. The van der Waals surface area contributed by atoms with Gasteiger partial charge in [-0.15, -0.1) is 0 Å². The fraction of sp³-hybridized carbons (Fsp3) is 0.0588. The Morgan fingerprint density at radius 2 is 2.04 bits per heavy atom. The first-order valence-corrected chi connectivity index (χ1v) is 9.03. The van der Waals surface area contributed by atoms with E-state index in [0.29, 0.717) is 21.1 Å². The number of nitro benzene ring substituents is 1. The molecule has 0 bridgehead atoms. The summed E-state index contributed by atoms with van der Waals surface area (Å²) in [5, 5.41) is 11.8. The van der Waals surface area contributed by atoms with Crippen molar-refractivity contribution in [3.05, 3.63) is 69.8 Å². The van der Waals surface area contributed by atoms with Gasteiger partial charge in [-0.1, -0.05) is 36.1 Å². The molecule has 0 atom stereocenters. The normalized spacial score (nSPS) is 14.0. The van der Waals surface area contributed by atoms with Crippen LogP contribution in [0.2, 0.25) is 0 Å². The number of hydrazine groups is 1. The lowest BCUT2D eigenvalue weighted by Crippen LogP contribution is -2.45. The number of nitrogens with zero attached hydrogens (tertiary/aromatic N) is 3. The lowest BCUT2D eigenvalue weighted by Gasteiger charge is -2.15. The number of thioether (sulfide) groups is 1. The molecule has 0 radical (unpaired) electrons. The third kappa shape index (κ3) is 4.54. The lowest BCUT2D eigenvalue weighted by molar-refractivity contribution is -0.384. The van der Waals surface area contributed by atoms with E-state index in [1.54, 1.807) is 36.4 Å². The minimum Gasteiger partial charge on any atom is -0.272 e. The Bertz CT molecular complexity index is 944. The molecule has 1 N–H and O–H groups in total. The van der Waals surface area contributed by atoms with E-state index in [4.69, 9.17) is 12.2 Å². The molecule has 0 aliphatic carbocycles. The molecule has 1 aliphatic heterocycles. The SMILES string of the molecule is O=C(NN1C(=O)CSC1=S)c1ccc(N=Cc2cccc([N+](=O)[O-])c2)cc1. The van der Waals surface area contributed by atoms with Crippen molar-refractivity contribution in [2.75, 3.05) is 5.75 Å². The molecule has 2 aromatic carbocycles. The zero-order valence-corrected chi connectivity index (χ0v) is 15.3. The van der Waals surface area contributed by atoms with Gasteiger partial charge in [0.25, 0.3) is 17.5 Å². The van der Waals surface area contributed by atoms with Crippen LogP contribution in [0.5, 0.6) is 0 Å². The van der Waals surface area contributed by atoms with E-state index in [0.717, 1.165) is 5.01 Å². The summed E-state index contributed by atoms with van der Waals surface area (Å²) < 4.78 is 0.312. The summed E-state index contributed by atoms with van der Waals surface area (Å²) >= 11 is 6.20. The van der Waals surface area contributed by atoms with Gasteiger partial charge in [0.15, 0.2) is 4.32 Å². The maximum Gasteiger partial charge on any atom is 0.270 e. The zero-order valence-electron chi connectivity index (χ0n) is 13.7. The van der Waals surface area contributed by atoms with Crippen LogP contribution in [0, 0.1) is 10.1 Å². The molecule has 3 rings (SSSR count). The van der Waals surface area contributed by atoms with E-state index in [9.17, 15) is 19.7 Å². The molecule has 1 fully saturated rings. The Kier molecular flexibility index (Phi) is 5.57. The number of carbonyl (C=O) groups excluding carboxylic acids is 2. The summed E-state index contributed by atoms with van der Waals surface area (Å²) in [4.78, 5) is 38.4. The third-order valence-corrected chi connectivity index (χ3v) is 4.89. The van der Waals surface area contributed by atoms with Crippen LogP contribution in [-0.4, -0.2) is 38.0 Å². The summed E-state index contributed by atoms with van der Waals surface area (Å²) in [7, 11) is 0. The number of rotatable bonds is 5. The predicted octanol–water partition coefficient (Wildman–Crippen LogP) is 2.85. The topological polar surface area (TPSA) is 105 Å². The second-order valence-corrected chi connectivity index (χ2v) is 6.99. The Balaban J connectivity index is 1.67. The van der Waals surface area contributed by atoms with E-state index < -0.39 is 10.8 Å². The molecule has 27 heavy (non-hydrogen) atoms. The van der Waals surface area contributed by atoms with Crippen LogP contribution in [0.1, 0.15) is 15.9 Å². The number of amides is 2. The predicted molar refractivity (Wildman–Crippen MR) is 106 cm³/mol. The fourth-order valence-corrected chi connectivity index (χ4v) is 3.17. The van der Waals surface area contributed by atoms with E-state index in [-0.39, 0.29) is 17.3 Å². The Morgan fingerprint density at radius 3 is 2.67 bits per heavy atom. The van der Waals surface area contributed by atoms with Gasteiger partial charge in [-0.3, -0.25) is 30.1 Å². The fourth-order valence-electron chi connectivity index (χ4n) is 2.20. The third-order valence-electron chi connectivity index (χ3n) is 3.54. The van der Waals surface area contributed by atoms with Gasteiger partial charge in [0.05, 0.1) is 16.4 Å². The second-order valence-electron chi connectivity index (χ2n) is 5.38. The minimum atomic E-state index is -0.472. The molecule has 0 saturated carbocycles. The maximum absolute atomic E-state index is 12.2. The number of hydrogen-bond acceptors (Lipinski definition) is 7. The molecule has 136 valence electrons. The first-order chi connectivity index (χ1) is 12.9. The highest BCUT2D eigenvalue weighted by Crippen LogP contribution is 2.18. The van der Waals surface area contributed by atoms with Gasteiger partial charge in [0.2, 0.25) is 0 Å². The van der Waals surface area contributed by atoms with Crippen LogP contribution in [0.25, 0.3) is 0 Å². The molecule has 0 spiro atoms. The zero-order chi connectivity index (χ0) is 19.4. The number of hydrogen-bond donors (Lipinski definition) is 1. The van der Waals surface area contributed by atoms with Crippen molar-refractivity contribution >= 4 is 57.7 Å². The van der Waals surface area contributed by atoms with Crippen molar-refractivity contribution in [2.24, 2.45) is 4.99 Å². The average Bonchev–Trinajstić information content (AvgIpc) is 2.99. The molecule has 1 heterocycles. The number of thiocarbonyl (C=S) groups is 1. The Hall–Kier alpha value is -3.11. The van der Waals surface area contributed by atoms with Crippen molar-refractivity contribution in [3.8, 4) is 0 Å². The van der Waals surface area contributed by atoms with Crippen molar-refractivity contribution in [3.63, 3.8) is 0 Å². The molecule has 2 amide bonds. The quantitative estimate of drug-likeness (QED) is 0.358. The highest BCUT2D eigenvalue weighted by atomic mass is 32.2. The summed E-state index contributed by atoms with van der Waals surface area (Å²) in [5.41, 5.74) is 3.96. The summed E-state index contributed by atoms with van der Waals surface area (Å²) in [6, 6.07) is 12.5. The van der Waals surface area contributed by atoms with Crippen LogP contribution in [0.3, 0.4) is 0 Å². The molecule has 0 aromatic heterocycles. The molecule has 1 aliphatic rings. The number of nitro groups is 1. The smallest absolute Gasteiger partial charge is 0.270 e. The molecule has 2 aromatic rings. The second kappa shape index (κ2) is 8.06. The van der Waals surface area contributed by atoms with Gasteiger partial charge < -0.3 is 0 Å². The van der Waals surface area contributed by atoms with Gasteiger partial charge in [-0.05, 0) is 29.8 Å². The van der Waals surface area contributed by atoms with Crippen LogP contribution in [-0.2, 0) is 4.79 Å².